The van der Waals surface area contributed by atoms with E-state index in [-0.39, 0.29) is 18.4 Å². The molecule has 120 valence electrons. The maximum atomic E-state index is 12.2. The molecule has 1 amide bonds. The van der Waals surface area contributed by atoms with E-state index in [1.807, 2.05) is 11.4 Å². The van der Waals surface area contributed by atoms with Gasteiger partial charge in [0, 0.05) is 30.1 Å². The number of carbonyl (C=O) groups excluding carboxylic acids is 2. The van der Waals surface area contributed by atoms with E-state index >= 15 is 0 Å². The Hall–Kier alpha value is -2.19. The summed E-state index contributed by atoms with van der Waals surface area (Å²) >= 11 is 2.95. The van der Waals surface area contributed by atoms with Crippen molar-refractivity contribution in [2.75, 3.05) is 6.61 Å². The molecule has 0 fully saturated rings. The molecule has 0 spiro atoms. The lowest BCUT2D eigenvalue weighted by molar-refractivity contribution is 0.0530. The molecule has 23 heavy (non-hydrogen) atoms. The minimum atomic E-state index is -0.342. The third-order valence-electron chi connectivity index (χ3n) is 3.33. The highest BCUT2D eigenvalue weighted by Crippen LogP contribution is 2.35. The number of thiophene rings is 2. The molecule has 0 aliphatic carbocycles. The largest absolute Gasteiger partial charge is 0.462 e. The van der Waals surface area contributed by atoms with E-state index in [9.17, 15) is 9.59 Å². The molecule has 0 unspecified atom stereocenters. The van der Waals surface area contributed by atoms with E-state index in [2.05, 4.69) is 10.4 Å². The van der Waals surface area contributed by atoms with Crippen molar-refractivity contribution in [3.05, 3.63) is 39.8 Å². The monoisotopic (exact) mass is 349 g/mol. The average molecular weight is 349 g/mol. The standard InChI is InChI=1S/C15H15N3O3S2/c1-3-21-15(20)13-9(12-11(23-13)5-7-22-12)8-16-14(19)10-4-6-17-18(10)2/h4-7H,3,8H2,1-2H3,(H,16,19). The van der Waals surface area contributed by atoms with E-state index in [1.54, 1.807) is 37.6 Å². The number of esters is 1. The number of aryl methyl sites for hydroxylation is 1. The Bertz CT molecular complexity index is 862. The molecule has 3 rings (SSSR count). The minimum Gasteiger partial charge on any atom is -0.462 e. The van der Waals surface area contributed by atoms with Crippen LogP contribution in [0.1, 0.15) is 32.6 Å². The number of carbonyl (C=O) groups is 2. The predicted octanol–water partition coefficient (Wildman–Crippen LogP) is 2.80. The Morgan fingerprint density at radius 3 is 2.91 bits per heavy atom. The molecule has 0 atom stereocenters. The van der Waals surface area contributed by atoms with Crippen LogP contribution in [0.2, 0.25) is 0 Å². The highest BCUT2D eigenvalue weighted by Gasteiger charge is 2.21. The number of amides is 1. The molecule has 3 aromatic rings. The number of hydrogen-bond donors (Lipinski definition) is 1. The van der Waals surface area contributed by atoms with Gasteiger partial charge in [-0.1, -0.05) is 0 Å². The van der Waals surface area contributed by atoms with Crippen LogP contribution >= 0.6 is 22.7 Å². The van der Waals surface area contributed by atoms with Gasteiger partial charge in [0.2, 0.25) is 0 Å². The van der Waals surface area contributed by atoms with Crippen molar-refractivity contribution in [1.29, 1.82) is 0 Å². The molecule has 8 heteroatoms. The summed E-state index contributed by atoms with van der Waals surface area (Å²) < 4.78 is 8.67. The highest BCUT2D eigenvalue weighted by molar-refractivity contribution is 7.28. The van der Waals surface area contributed by atoms with Gasteiger partial charge in [0.1, 0.15) is 10.6 Å². The van der Waals surface area contributed by atoms with E-state index in [1.165, 1.54) is 16.0 Å². The highest BCUT2D eigenvalue weighted by atomic mass is 32.1. The van der Waals surface area contributed by atoms with Crippen molar-refractivity contribution < 1.29 is 14.3 Å². The summed E-state index contributed by atoms with van der Waals surface area (Å²) in [6.07, 6.45) is 1.57. The van der Waals surface area contributed by atoms with Crippen molar-refractivity contribution in [1.82, 2.24) is 15.1 Å². The Kier molecular flexibility index (Phi) is 4.44. The first-order chi connectivity index (χ1) is 11.1. The minimum absolute atomic E-state index is 0.226. The van der Waals surface area contributed by atoms with Crippen molar-refractivity contribution in [3.63, 3.8) is 0 Å². The number of nitrogens with one attached hydrogen (secondary N) is 1. The zero-order chi connectivity index (χ0) is 16.4. The third-order valence-corrected chi connectivity index (χ3v) is 5.61. The Morgan fingerprint density at radius 1 is 1.39 bits per heavy atom. The van der Waals surface area contributed by atoms with E-state index in [4.69, 9.17) is 4.74 Å². The average Bonchev–Trinajstić information content (AvgIpc) is 3.20. The first-order valence-corrected chi connectivity index (χ1v) is 8.73. The van der Waals surface area contributed by atoms with Gasteiger partial charge in [-0.15, -0.1) is 22.7 Å². The molecule has 3 aromatic heterocycles. The van der Waals surface area contributed by atoms with E-state index in [0.717, 1.165) is 15.0 Å². The number of nitrogens with zero attached hydrogens (tertiary/aromatic N) is 2. The number of rotatable bonds is 5. The molecular formula is C15H15N3O3S2. The van der Waals surface area contributed by atoms with E-state index < -0.39 is 0 Å². The van der Waals surface area contributed by atoms with Crippen molar-refractivity contribution in [2.45, 2.75) is 13.5 Å². The third kappa shape index (κ3) is 2.99. The lowest BCUT2D eigenvalue weighted by Crippen LogP contribution is -2.25. The number of ether oxygens (including phenoxy) is 1. The Labute approximate surface area is 140 Å². The molecule has 1 N–H and O–H groups in total. The van der Waals surface area contributed by atoms with Gasteiger partial charge in [-0.2, -0.15) is 5.10 Å². The van der Waals surface area contributed by atoms with Crippen LogP contribution < -0.4 is 5.32 Å². The number of fused-ring (bicyclic) bond motifs is 1. The van der Waals surface area contributed by atoms with E-state index in [0.29, 0.717) is 17.2 Å². The molecule has 0 saturated heterocycles. The normalized spacial score (nSPS) is 10.9. The van der Waals surface area contributed by atoms with Gasteiger partial charge in [-0.25, -0.2) is 4.79 Å². The predicted molar refractivity (Wildman–Crippen MR) is 90.0 cm³/mol. The molecule has 0 aromatic carbocycles. The summed E-state index contributed by atoms with van der Waals surface area (Å²) in [5, 5.41) is 8.81. The van der Waals surface area contributed by atoms with Gasteiger partial charge in [0.25, 0.3) is 5.91 Å². The van der Waals surface area contributed by atoms with Gasteiger partial charge < -0.3 is 10.1 Å². The maximum absolute atomic E-state index is 12.2. The molecule has 0 saturated carbocycles. The van der Waals surface area contributed by atoms with Crippen LogP contribution in [0.25, 0.3) is 9.40 Å². The zero-order valence-electron chi connectivity index (χ0n) is 12.7. The van der Waals surface area contributed by atoms with Crippen LogP contribution in [0.4, 0.5) is 0 Å². The lowest BCUT2D eigenvalue weighted by atomic mass is 10.2. The fraction of sp³-hybridized carbons (Fsp3) is 0.267. The summed E-state index contributed by atoms with van der Waals surface area (Å²) in [4.78, 5) is 24.9. The molecule has 0 bridgehead atoms. The SMILES string of the molecule is CCOC(=O)c1sc2ccsc2c1CNC(=O)c1ccnn1C. The summed E-state index contributed by atoms with van der Waals surface area (Å²) in [7, 11) is 1.71. The van der Waals surface area contributed by atoms with Crippen LogP contribution in [0.15, 0.2) is 23.7 Å². The van der Waals surface area contributed by atoms with Crippen LogP contribution in [-0.4, -0.2) is 28.3 Å². The second kappa shape index (κ2) is 6.51. The van der Waals surface area contributed by atoms with Gasteiger partial charge in [-0.3, -0.25) is 9.48 Å². The van der Waals surface area contributed by atoms with Gasteiger partial charge >= 0.3 is 5.97 Å². The molecular weight excluding hydrogens is 334 g/mol. The Morgan fingerprint density at radius 2 is 2.22 bits per heavy atom. The van der Waals surface area contributed by atoms with Crippen LogP contribution in [-0.2, 0) is 18.3 Å². The van der Waals surface area contributed by atoms with Crippen LogP contribution in [0, 0.1) is 0 Å². The fourth-order valence-electron chi connectivity index (χ4n) is 2.25. The summed E-state index contributed by atoms with van der Waals surface area (Å²) in [6, 6.07) is 3.62. The van der Waals surface area contributed by atoms with Crippen molar-refractivity contribution in [2.24, 2.45) is 7.05 Å². The summed E-state index contributed by atoms with van der Waals surface area (Å²) in [5.41, 5.74) is 1.29. The molecule has 0 aliphatic heterocycles. The molecule has 6 nitrogen and oxygen atoms in total. The summed E-state index contributed by atoms with van der Waals surface area (Å²) in [6.45, 7) is 2.38. The lowest BCUT2D eigenvalue weighted by Gasteiger charge is -2.07. The fourth-order valence-corrected chi connectivity index (χ4v) is 4.52. The smallest absolute Gasteiger partial charge is 0.348 e. The van der Waals surface area contributed by atoms with Crippen LogP contribution in [0.3, 0.4) is 0 Å². The Balaban J connectivity index is 1.85. The van der Waals surface area contributed by atoms with Crippen molar-refractivity contribution >= 4 is 43.9 Å². The molecule has 0 aliphatic rings. The second-order valence-corrected chi connectivity index (χ2v) is 6.74. The topological polar surface area (TPSA) is 73.2 Å². The molecule has 3 heterocycles. The van der Waals surface area contributed by atoms with Gasteiger partial charge in [0.05, 0.1) is 11.3 Å². The zero-order valence-corrected chi connectivity index (χ0v) is 14.3. The van der Waals surface area contributed by atoms with Gasteiger partial charge in [0.15, 0.2) is 0 Å². The van der Waals surface area contributed by atoms with Gasteiger partial charge in [-0.05, 0) is 24.4 Å². The number of hydrogen-bond acceptors (Lipinski definition) is 6. The second-order valence-electron chi connectivity index (χ2n) is 4.77. The van der Waals surface area contributed by atoms with Crippen LogP contribution in [0.5, 0.6) is 0 Å². The molecule has 0 radical (unpaired) electrons. The summed E-state index contributed by atoms with van der Waals surface area (Å²) in [5.74, 6) is -0.568. The first-order valence-electron chi connectivity index (χ1n) is 7.04. The van der Waals surface area contributed by atoms with Crippen molar-refractivity contribution in [3.8, 4) is 0 Å². The number of aromatic nitrogens is 2. The maximum Gasteiger partial charge on any atom is 0.348 e. The first kappa shape index (κ1) is 15.7. The quantitative estimate of drug-likeness (QED) is 0.719.